The van der Waals surface area contributed by atoms with Crippen molar-refractivity contribution >= 4 is 5.69 Å². The van der Waals surface area contributed by atoms with Gasteiger partial charge in [0, 0.05) is 12.2 Å². The molecule has 128 valence electrons. The van der Waals surface area contributed by atoms with Crippen LogP contribution in [0.25, 0.3) is 0 Å². The minimum absolute atomic E-state index is 0.193. The first-order valence-corrected chi connectivity index (χ1v) is 8.30. The summed E-state index contributed by atoms with van der Waals surface area (Å²) in [5.74, 6) is 0.840. The molecule has 0 amide bonds. The van der Waals surface area contributed by atoms with Crippen molar-refractivity contribution in [2.75, 3.05) is 25.2 Å². The molecule has 2 heterocycles. The fourth-order valence-electron chi connectivity index (χ4n) is 3.06. The largest absolute Gasteiger partial charge is 0.497 e. The molecule has 1 saturated heterocycles. The van der Waals surface area contributed by atoms with Crippen molar-refractivity contribution in [2.24, 2.45) is 0 Å². The average Bonchev–Trinajstić information content (AvgIpc) is 3.32. The Morgan fingerprint density at radius 2 is 2.04 bits per heavy atom. The number of hydrogen-bond acceptors (Lipinski definition) is 5. The van der Waals surface area contributed by atoms with Crippen LogP contribution in [0.15, 0.2) is 60.8 Å². The fourth-order valence-corrected chi connectivity index (χ4v) is 3.06. The number of ether oxygens (including phenoxy) is 2. The van der Waals surface area contributed by atoms with E-state index in [2.05, 4.69) is 27.3 Å². The topological polar surface area (TPSA) is 52.4 Å². The lowest BCUT2D eigenvalue weighted by atomic mass is 10.2. The van der Waals surface area contributed by atoms with Crippen LogP contribution in [0.4, 0.5) is 5.69 Å². The standard InChI is InChI=1S/C19H20N4O2/c1-24-17-9-5-6-15(12-17)13-22-14-18(20-21-22)19-23(10-11-25-19)16-7-3-2-4-8-16/h2-9,12,14,19H,10-11,13H2,1H3. The lowest BCUT2D eigenvalue weighted by molar-refractivity contribution is 0.110. The van der Waals surface area contributed by atoms with Gasteiger partial charge < -0.3 is 14.4 Å². The number of nitrogens with zero attached hydrogens (tertiary/aromatic N) is 4. The highest BCUT2D eigenvalue weighted by molar-refractivity contribution is 5.48. The van der Waals surface area contributed by atoms with Crippen LogP contribution in [0.5, 0.6) is 5.75 Å². The molecule has 0 aliphatic carbocycles. The van der Waals surface area contributed by atoms with Crippen LogP contribution in [-0.4, -0.2) is 35.3 Å². The Morgan fingerprint density at radius 3 is 2.88 bits per heavy atom. The van der Waals surface area contributed by atoms with Gasteiger partial charge in [-0.3, -0.25) is 0 Å². The summed E-state index contributed by atoms with van der Waals surface area (Å²) >= 11 is 0. The first-order chi connectivity index (χ1) is 12.3. The zero-order valence-electron chi connectivity index (χ0n) is 14.1. The van der Waals surface area contributed by atoms with Gasteiger partial charge >= 0.3 is 0 Å². The predicted molar refractivity (Wildman–Crippen MR) is 94.6 cm³/mol. The van der Waals surface area contributed by atoms with Gasteiger partial charge in [-0.05, 0) is 29.8 Å². The van der Waals surface area contributed by atoms with E-state index in [-0.39, 0.29) is 6.23 Å². The number of aromatic nitrogens is 3. The number of anilines is 1. The maximum atomic E-state index is 5.90. The van der Waals surface area contributed by atoms with E-state index in [0.717, 1.165) is 29.2 Å². The molecular formula is C19H20N4O2. The highest BCUT2D eigenvalue weighted by atomic mass is 16.5. The summed E-state index contributed by atoms with van der Waals surface area (Å²) in [6, 6.07) is 18.2. The monoisotopic (exact) mass is 336 g/mol. The summed E-state index contributed by atoms with van der Waals surface area (Å²) in [7, 11) is 1.67. The third-order valence-electron chi connectivity index (χ3n) is 4.27. The summed E-state index contributed by atoms with van der Waals surface area (Å²) in [4.78, 5) is 2.21. The van der Waals surface area contributed by atoms with E-state index in [1.54, 1.807) is 7.11 Å². The fraction of sp³-hybridized carbons (Fsp3) is 0.263. The van der Waals surface area contributed by atoms with Crippen LogP contribution in [0.3, 0.4) is 0 Å². The minimum Gasteiger partial charge on any atom is -0.497 e. The number of hydrogen-bond donors (Lipinski definition) is 0. The highest BCUT2D eigenvalue weighted by Crippen LogP contribution is 2.30. The Kier molecular flexibility index (Phi) is 4.35. The smallest absolute Gasteiger partial charge is 0.177 e. The molecule has 2 aromatic carbocycles. The van der Waals surface area contributed by atoms with E-state index in [1.165, 1.54) is 0 Å². The molecule has 1 fully saturated rings. The van der Waals surface area contributed by atoms with Gasteiger partial charge in [0.15, 0.2) is 6.23 Å². The van der Waals surface area contributed by atoms with E-state index in [1.807, 2.05) is 53.3 Å². The van der Waals surface area contributed by atoms with Crippen molar-refractivity contribution in [2.45, 2.75) is 12.8 Å². The van der Waals surface area contributed by atoms with Crippen LogP contribution in [-0.2, 0) is 11.3 Å². The molecule has 6 heteroatoms. The predicted octanol–water partition coefficient (Wildman–Crippen LogP) is 2.87. The molecule has 0 N–H and O–H groups in total. The maximum Gasteiger partial charge on any atom is 0.177 e. The summed E-state index contributed by atoms with van der Waals surface area (Å²) in [5, 5.41) is 8.59. The lowest BCUT2D eigenvalue weighted by Crippen LogP contribution is -2.23. The van der Waals surface area contributed by atoms with Gasteiger partial charge in [-0.1, -0.05) is 35.5 Å². The second kappa shape index (κ2) is 6.94. The van der Waals surface area contributed by atoms with Crippen LogP contribution in [0.1, 0.15) is 17.5 Å². The third-order valence-corrected chi connectivity index (χ3v) is 4.27. The Labute approximate surface area is 146 Å². The van der Waals surface area contributed by atoms with Crippen LogP contribution >= 0.6 is 0 Å². The Hall–Kier alpha value is -2.86. The molecule has 0 bridgehead atoms. The molecular weight excluding hydrogens is 316 g/mol. The van der Waals surface area contributed by atoms with E-state index in [4.69, 9.17) is 9.47 Å². The van der Waals surface area contributed by atoms with Crippen molar-refractivity contribution in [3.8, 4) is 5.75 Å². The van der Waals surface area contributed by atoms with Crippen LogP contribution in [0.2, 0.25) is 0 Å². The molecule has 1 aliphatic heterocycles. The summed E-state index contributed by atoms with van der Waals surface area (Å²) in [6.45, 7) is 2.17. The molecule has 0 radical (unpaired) electrons. The summed E-state index contributed by atoms with van der Waals surface area (Å²) in [6.07, 6.45) is 1.76. The van der Waals surface area contributed by atoms with Gasteiger partial charge in [0.05, 0.1) is 26.5 Å². The number of benzene rings is 2. The first-order valence-electron chi connectivity index (χ1n) is 8.30. The molecule has 4 rings (SSSR count). The van der Waals surface area contributed by atoms with Gasteiger partial charge in [0.25, 0.3) is 0 Å². The van der Waals surface area contributed by atoms with Crippen LogP contribution in [0, 0.1) is 0 Å². The van der Waals surface area contributed by atoms with Crippen LogP contribution < -0.4 is 9.64 Å². The Balaban J connectivity index is 1.52. The molecule has 1 aliphatic rings. The quantitative estimate of drug-likeness (QED) is 0.717. The van der Waals surface area contributed by atoms with E-state index < -0.39 is 0 Å². The second-order valence-electron chi connectivity index (χ2n) is 5.94. The van der Waals surface area contributed by atoms with Crippen molar-refractivity contribution in [1.82, 2.24) is 15.0 Å². The zero-order chi connectivity index (χ0) is 17.1. The Morgan fingerprint density at radius 1 is 1.16 bits per heavy atom. The highest BCUT2D eigenvalue weighted by Gasteiger charge is 2.29. The first kappa shape index (κ1) is 15.7. The molecule has 1 unspecified atom stereocenters. The van der Waals surface area contributed by atoms with E-state index in [9.17, 15) is 0 Å². The van der Waals surface area contributed by atoms with E-state index >= 15 is 0 Å². The van der Waals surface area contributed by atoms with Crippen molar-refractivity contribution in [3.63, 3.8) is 0 Å². The maximum absolute atomic E-state index is 5.90. The molecule has 0 saturated carbocycles. The van der Waals surface area contributed by atoms with Gasteiger partial charge in [0.1, 0.15) is 11.4 Å². The summed E-state index contributed by atoms with van der Waals surface area (Å²) < 4.78 is 13.0. The number of methoxy groups -OCH3 is 1. The summed E-state index contributed by atoms with van der Waals surface area (Å²) in [5.41, 5.74) is 3.07. The molecule has 6 nitrogen and oxygen atoms in total. The van der Waals surface area contributed by atoms with Gasteiger partial charge in [-0.15, -0.1) is 5.10 Å². The van der Waals surface area contributed by atoms with E-state index in [0.29, 0.717) is 13.2 Å². The lowest BCUT2D eigenvalue weighted by Gasteiger charge is -2.23. The number of rotatable bonds is 5. The molecule has 1 aromatic heterocycles. The van der Waals surface area contributed by atoms with Gasteiger partial charge in [-0.2, -0.15) is 0 Å². The third kappa shape index (κ3) is 3.34. The molecule has 1 atom stereocenters. The van der Waals surface area contributed by atoms with Crippen molar-refractivity contribution < 1.29 is 9.47 Å². The molecule has 0 spiro atoms. The van der Waals surface area contributed by atoms with Gasteiger partial charge in [-0.25, -0.2) is 4.68 Å². The van der Waals surface area contributed by atoms with Crippen molar-refractivity contribution in [1.29, 1.82) is 0 Å². The molecule has 3 aromatic rings. The van der Waals surface area contributed by atoms with Gasteiger partial charge in [0.2, 0.25) is 0 Å². The molecule has 25 heavy (non-hydrogen) atoms. The minimum atomic E-state index is -0.193. The second-order valence-corrected chi connectivity index (χ2v) is 5.94. The number of para-hydroxylation sites is 1. The van der Waals surface area contributed by atoms with Crippen molar-refractivity contribution in [3.05, 3.63) is 72.1 Å². The SMILES string of the molecule is COc1cccc(Cn2cc(C3OCCN3c3ccccc3)nn2)c1. The average molecular weight is 336 g/mol. The zero-order valence-corrected chi connectivity index (χ0v) is 14.1. The normalized spacial score (nSPS) is 17.0. The Bertz CT molecular complexity index is 834.